The van der Waals surface area contributed by atoms with Crippen LogP contribution >= 0.6 is 0 Å². The van der Waals surface area contributed by atoms with E-state index >= 15 is 0 Å². The van der Waals surface area contributed by atoms with Crippen molar-refractivity contribution in [1.82, 2.24) is 38.7 Å². The fraction of sp³-hybridized carbons (Fsp3) is 0.351. The number of nitrogens with one attached hydrogen (secondary N) is 2. The molecule has 4 aromatic heterocycles. The van der Waals surface area contributed by atoms with Crippen LogP contribution in [-0.2, 0) is 32.6 Å². The van der Waals surface area contributed by atoms with E-state index in [2.05, 4.69) is 30.8 Å². The van der Waals surface area contributed by atoms with E-state index in [9.17, 15) is 29.4 Å². The molecule has 18 heteroatoms. The number of aromatic nitrogens is 8. The van der Waals surface area contributed by atoms with Crippen LogP contribution in [0.4, 0.5) is 11.9 Å². The molecule has 0 spiro atoms. The molecule has 8 N–H and O–H groups in total. The maximum absolute atomic E-state index is 14.2. The van der Waals surface area contributed by atoms with Gasteiger partial charge in [-0.15, -0.1) is 0 Å². The molecular weight excluding hydrogens is 708 g/mol. The minimum atomic E-state index is -1.29. The van der Waals surface area contributed by atoms with Crippen molar-refractivity contribution in [1.29, 1.82) is 0 Å². The third kappa shape index (κ3) is 7.16. The van der Waals surface area contributed by atoms with Crippen LogP contribution in [0.15, 0.2) is 42.5 Å². The number of aliphatic hydroxyl groups excluding tert-OH is 2. The van der Waals surface area contributed by atoms with Gasteiger partial charge in [0.05, 0.1) is 45.7 Å². The molecule has 0 bridgehead atoms. The van der Waals surface area contributed by atoms with Crippen molar-refractivity contribution < 1.29 is 29.4 Å². The molecule has 0 saturated heterocycles. The summed E-state index contributed by atoms with van der Waals surface area (Å²) >= 11 is 0. The van der Waals surface area contributed by atoms with Gasteiger partial charge in [-0.1, -0.05) is 0 Å². The smallest absolute Gasteiger partial charge is 0.276 e. The summed E-state index contributed by atoms with van der Waals surface area (Å²) in [6, 6.07) is 11.4. The van der Waals surface area contributed by atoms with Crippen LogP contribution < -0.4 is 22.1 Å². The molecule has 6 aromatic rings. The zero-order chi connectivity index (χ0) is 39.1. The van der Waals surface area contributed by atoms with Crippen molar-refractivity contribution in [3.05, 3.63) is 81.9 Å². The van der Waals surface area contributed by atoms with E-state index in [1.54, 1.807) is 61.0 Å². The first-order valence-corrected chi connectivity index (χ1v) is 18.0. The minimum Gasteiger partial charge on any atom is -0.390 e. The number of carbonyl (C=O) groups is 4. The number of carbonyl (C=O) groups excluding carboxylic acids is 4. The average molecular weight is 751 g/mol. The fourth-order valence-corrected chi connectivity index (χ4v) is 7.11. The lowest BCUT2D eigenvalue weighted by molar-refractivity contribution is 0.0120. The van der Waals surface area contributed by atoms with Crippen molar-refractivity contribution in [3.8, 4) is 0 Å². The minimum absolute atomic E-state index is 0.0385. The van der Waals surface area contributed by atoms with Crippen LogP contribution in [0.2, 0.25) is 0 Å². The Kier molecular flexibility index (Phi) is 9.93. The van der Waals surface area contributed by atoms with Crippen LogP contribution in [0, 0.1) is 13.8 Å². The van der Waals surface area contributed by atoms with E-state index in [-0.39, 0.29) is 53.8 Å². The van der Waals surface area contributed by atoms with Crippen LogP contribution in [0.5, 0.6) is 0 Å². The number of aryl methyl sites for hydroxylation is 6. The van der Waals surface area contributed by atoms with Crippen molar-refractivity contribution >= 4 is 57.6 Å². The van der Waals surface area contributed by atoms with E-state index in [1.807, 2.05) is 16.1 Å². The molecule has 4 amide bonds. The van der Waals surface area contributed by atoms with Gasteiger partial charge >= 0.3 is 0 Å². The lowest BCUT2D eigenvalue weighted by Crippen LogP contribution is -2.31. The van der Waals surface area contributed by atoms with Crippen LogP contribution in [-0.4, -0.2) is 84.7 Å². The summed E-state index contributed by atoms with van der Waals surface area (Å²) in [6.45, 7) is 6.58. The second-order valence-electron chi connectivity index (χ2n) is 13.7. The first-order valence-electron chi connectivity index (χ1n) is 18.0. The summed E-state index contributed by atoms with van der Waals surface area (Å²) in [5, 5.41) is 37.3. The van der Waals surface area contributed by atoms with E-state index in [4.69, 9.17) is 11.5 Å². The molecule has 55 heavy (non-hydrogen) atoms. The van der Waals surface area contributed by atoms with Crippen LogP contribution in [0.1, 0.15) is 84.8 Å². The van der Waals surface area contributed by atoms with Gasteiger partial charge < -0.3 is 30.8 Å². The Morgan fingerprint density at radius 2 is 1.36 bits per heavy atom. The quantitative estimate of drug-likeness (QED) is 0.154. The molecule has 1 aliphatic heterocycles. The normalized spacial score (nSPS) is 17.4. The highest BCUT2D eigenvalue weighted by Crippen LogP contribution is 2.27. The van der Waals surface area contributed by atoms with Gasteiger partial charge in [0.2, 0.25) is 23.7 Å². The number of nitrogens with two attached hydrogens (primary N) is 2. The topological polar surface area (TPSA) is 256 Å². The van der Waals surface area contributed by atoms with E-state index in [0.29, 0.717) is 71.5 Å². The zero-order valence-corrected chi connectivity index (χ0v) is 30.6. The first kappa shape index (κ1) is 36.9. The van der Waals surface area contributed by atoms with Gasteiger partial charge in [-0.3, -0.25) is 39.2 Å². The number of anilines is 2. The SMILES string of the molecule is CCn1nc(C)c2c1C(=O)Nc1nc3cc(C(N)=O)ccc3n1CCCCn1c(nc3cc(C(N)=O)ccc31)NC(=O)c1cc(C)nn1CCC(O)C(O)C2. The van der Waals surface area contributed by atoms with Gasteiger partial charge in [-0.05, 0) is 82.5 Å². The molecule has 286 valence electrons. The maximum atomic E-state index is 14.2. The Balaban J connectivity index is 1.31. The molecule has 0 radical (unpaired) electrons. The van der Waals surface area contributed by atoms with Gasteiger partial charge in [-0.25, -0.2) is 9.97 Å². The number of amides is 4. The monoisotopic (exact) mass is 750 g/mol. The third-order valence-electron chi connectivity index (χ3n) is 9.92. The first-order chi connectivity index (χ1) is 26.3. The van der Waals surface area contributed by atoms with E-state index in [0.717, 1.165) is 0 Å². The van der Waals surface area contributed by atoms with E-state index in [1.165, 1.54) is 4.68 Å². The molecular formula is C37H42N12O6. The molecule has 0 fully saturated rings. The molecule has 0 aliphatic carbocycles. The number of nitrogens with zero attached hydrogens (tertiary/aromatic N) is 8. The number of primary amides is 2. The second kappa shape index (κ2) is 14.8. The molecule has 0 saturated carbocycles. The van der Waals surface area contributed by atoms with Crippen molar-refractivity contribution in [2.45, 2.75) is 84.8 Å². The number of hydrogen-bond acceptors (Lipinski definition) is 10. The predicted octanol–water partition coefficient (Wildman–Crippen LogP) is 2.27. The van der Waals surface area contributed by atoms with Gasteiger partial charge in [0, 0.05) is 49.3 Å². The molecule has 2 unspecified atom stereocenters. The molecule has 5 heterocycles. The maximum Gasteiger partial charge on any atom is 0.276 e. The number of hydrogen-bond donors (Lipinski definition) is 6. The highest BCUT2D eigenvalue weighted by atomic mass is 16.3. The molecule has 2 atom stereocenters. The van der Waals surface area contributed by atoms with E-state index < -0.39 is 35.8 Å². The second-order valence-corrected chi connectivity index (χ2v) is 13.7. The Morgan fingerprint density at radius 1 is 0.800 bits per heavy atom. The largest absolute Gasteiger partial charge is 0.390 e. The number of aliphatic hydroxyl groups is 2. The van der Waals surface area contributed by atoms with Crippen LogP contribution in [0.25, 0.3) is 22.1 Å². The predicted molar refractivity (Wildman–Crippen MR) is 202 cm³/mol. The van der Waals surface area contributed by atoms with Crippen molar-refractivity contribution in [2.24, 2.45) is 11.5 Å². The van der Waals surface area contributed by atoms with Crippen molar-refractivity contribution in [2.75, 3.05) is 10.6 Å². The summed E-state index contributed by atoms with van der Waals surface area (Å²) in [4.78, 5) is 61.3. The fourth-order valence-electron chi connectivity index (χ4n) is 7.11. The van der Waals surface area contributed by atoms with Gasteiger partial charge in [-0.2, -0.15) is 10.2 Å². The number of imidazole rings is 2. The zero-order valence-electron chi connectivity index (χ0n) is 30.6. The summed E-state index contributed by atoms with van der Waals surface area (Å²) in [6.07, 6.45) is -1.42. The van der Waals surface area contributed by atoms with Crippen molar-refractivity contribution in [3.63, 3.8) is 0 Å². The number of fused-ring (bicyclic) bond motifs is 8. The van der Waals surface area contributed by atoms with Crippen LogP contribution in [0.3, 0.4) is 0 Å². The lowest BCUT2D eigenvalue weighted by atomic mass is 9.99. The Hall–Kier alpha value is -6.40. The van der Waals surface area contributed by atoms with Gasteiger partial charge in [0.25, 0.3) is 11.8 Å². The Labute approximate surface area is 314 Å². The molecule has 18 nitrogen and oxygen atoms in total. The Morgan fingerprint density at radius 3 is 1.91 bits per heavy atom. The summed E-state index contributed by atoms with van der Waals surface area (Å²) in [7, 11) is 0. The van der Waals surface area contributed by atoms with Gasteiger partial charge in [0.15, 0.2) is 0 Å². The molecule has 7 rings (SSSR count). The number of rotatable bonds is 3. The third-order valence-corrected chi connectivity index (χ3v) is 9.92. The highest BCUT2D eigenvalue weighted by molar-refractivity contribution is 6.05. The molecule has 2 aromatic carbocycles. The molecule has 1 aliphatic rings. The summed E-state index contributed by atoms with van der Waals surface area (Å²) < 4.78 is 6.70. The summed E-state index contributed by atoms with van der Waals surface area (Å²) in [5.41, 5.74) is 15.9. The van der Waals surface area contributed by atoms with Gasteiger partial charge in [0.1, 0.15) is 11.4 Å². The number of benzene rings is 2. The standard InChI is InChI=1S/C37H42N12O6/c1-4-48-31-23(20(3)45-48)18-30(51)29(50)11-14-49-28(15-19(2)44-49)34(54)42-36-40-24-16-21(32(38)52)7-9-26(24)46(36)12-5-6-13-47-27-10-8-22(33(39)53)17-25(27)41-37(47)43-35(31)55/h7-10,15-17,29-30,50-51H,4-6,11-14,18H2,1-3H3,(H2,38,52)(H2,39,53)(H,40,42,54)(H,41,43,55). The average Bonchev–Trinajstić information content (AvgIpc) is 3.89. The lowest BCUT2D eigenvalue weighted by Gasteiger charge is -2.19. The Bertz CT molecular complexity index is 2490. The highest BCUT2D eigenvalue weighted by Gasteiger charge is 2.28. The summed E-state index contributed by atoms with van der Waals surface area (Å²) in [5.74, 6) is -1.76.